The van der Waals surface area contributed by atoms with Crippen LogP contribution in [0.1, 0.15) is 49.7 Å². The van der Waals surface area contributed by atoms with E-state index in [0.717, 1.165) is 17.0 Å². The molecule has 208 valence electrons. The third-order valence-electron chi connectivity index (χ3n) is 7.13. The molecule has 2 aromatic carbocycles. The summed E-state index contributed by atoms with van der Waals surface area (Å²) >= 11 is 1.69. The maximum atomic E-state index is 13.8. The van der Waals surface area contributed by atoms with E-state index >= 15 is 0 Å². The van der Waals surface area contributed by atoms with Crippen LogP contribution in [0.25, 0.3) is 0 Å². The van der Waals surface area contributed by atoms with Crippen molar-refractivity contribution in [2.75, 3.05) is 39.4 Å². The largest absolute Gasteiger partial charge is 0.504 e. The van der Waals surface area contributed by atoms with Crippen molar-refractivity contribution in [1.82, 2.24) is 5.32 Å². The number of thioether (sulfide) groups is 1. The van der Waals surface area contributed by atoms with Crippen molar-refractivity contribution < 1.29 is 33.6 Å². The van der Waals surface area contributed by atoms with E-state index in [1.165, 1.54) is 7.11 Å². The molecule has 1 aliphatic heterocycles. The number of phenolic OH excluding ortho intramolecular Hbond substituents is 1. The molecule has 0 amide bonds. The van der Waals surface area contributed by atoms with Crippen LogP contribution in [0.4, 0.5) is 0 Å². The minimum atomic E-state index is -0.678. The molecule has 39 heavy (non-hydrogen) atoms. The highest BCUT2D eigenvalue weighted by molar-refractivity contribution is 7.99. The Hall–Kier alpha value is -3.59. The molecule has 2 atom stereocenters. The number of carbonyl (C=O) groups excluding carboxylic acids is 2. The second-order valence-electron chi connectivity index (χ2n) is 9.40. The molecular formula is C30H35NO7S. The first-order chi connectivity index (χ1) is 18.8. The number of aromatic hydroxyl groups is 1. The molecule has 2 aromatic rings. The van der Waals surface area contributed by atoms with Crippen molar-refractivity contribution in [3.63, 3.8) is 0 Å². The van der Waals surface area contributed by atoms with Gasteiger partial charge in [0.15, 0.2) is 28.8 Å². The normalized spacial score (nSPS) is 18.8. The zero-order chi connectivity index (χ0) is 28.1. The highest BCUT2D eigenvalue weighted by atomic mass is 32.2. The second kappa shape index (κ2) is 12.5. The summed E-state index contributed by atoms with van der Waals surface area (Å²) in [4.78, 5) is 27.2. The number of phenols is 1. The summed E-state index contributed by atoms with van der Waals surface area (Å²) in [5.74, 6) is 1.80. The van der Waals surface area contributed by atoms with Gasteiger partial charge in [-0.15, -0.1) is 0 Å². The molecule has 0 saturated carbocycles. The number of nitrogens with one attached hydrogen (secondary N) is 1. The smallest absolute Gasteiger partial charge is 0.336 e. The first-order valence-corrected chi connectivity index (χ1v) is 14.1. The molecule has 0 saturated heterocycles. The number of esters is 1. The van der Waals surface area contributed by atoms with Crippen molar-refractivity contribution in [1.29, 1.82) is 0 Å². The van der Waals surface area contributed by atoms with Gasteiger partial charge in [0.1, 0.15) is 6.61 Å². The van der Waals surface area contributed by atoms with E-state index < -0.39 is 11.9 Å². The van der Waals surface area contributed by atoms with Crippen LogP contribution in [0, 0.1) is 0 Å². The number of carbonyl (C=O) groups is 2. The molecule has 8 nitrogen and oxygen atoms in total. The Balaban J connectivity index is 1.74. The third kappa shape index (κ3) is 5.88. The number of hydrogen-bond donors (Lipinski definition) is 2. The first-order valence-electron chi connectivity index (χ1n) is 12.9. The molecule has 9 heteroatoms. The molecule has 2 N–H and O–H groups in total. The summed E-state index contributed by atoms with van der Waals surface area (Å²) in [6.07, 6.45) is 0.838. The van der Waals surface area contributed by atoms with Gasteiger partial charge >= 0.3 is 5.97 Å². The lowest BCUT2D eigenvalue weighted by molar-refractivity contribution is -0.138. The Labute approximate surface area is 233 Å². The predicted octanol–water partition coefficient (Wildman–Crippen LogP) is 5.08. The average molecular weight is 554 g/mol. The van der Waals surface area contributed by atoms with Gasteiger partial charge in [-0.3, -0.25) is 4.79 Å². The fraction of sp³-hybridized carbons (Fsp3) is 0.400. The molecule has 1 aliphatic carbocycles. The van der Waals surface area contributed by atoms with Gasteiger partial charge in [0.05, 0.1) is 26.9 Å². The van der Waals surface area contributed by atoms with Gasteiger partial charge in [-0.25, -0.2) is 4.79 Å². The average Bonchev–Trinajstić information content (AvgIpc) is 2.93. The van der Waals surface area contributed by atoms with E-state index in [9.17, 15) is 14.7 Å². The maximum absolute atomic E-state index is 13.8. The highest BCUT2D eigenvalue weighted by Crippen LogP contribution is 2.47. The number of ketones is 1. The highest BCUT2D eigenvalue weighted by Gasteiger charge is 2.41. The van der Waals surface area contributed by atoms with Crippen LogP contribution in [0.15, 0.2) is 58.9 Å². The summed E-state index contributed by atoms with van der Waals surface area (Å²) in [6, 6.07) is 10.7. The monoisotopic (exact) mass is 553 g/mol. The number of allylic oxidation sites excluding steroid dienone is 3. The lowest BCUT2D eigenvalue weighted by Gasteiger charge is -2.37. The number of rotatable bonds is 10. The van der Waals surface area contributed by atoms with Crippen molar-refractivity contribution in [3.8, 4) is 23.0 Å². The Morgan fingerprint density at radius 3 is 2.36 bits per heavy atom. The van der Waals surface area contributed by atoms with E-state index in [1.54, 1.807) is 44.2 Å². The van der Waals surface area contributed by atoms with E-state index in [1.807, 2.05) is 32.0 Å². The van der Waals surface area contributed by atoms with Gasteiger partial charge in [-0.05, 0) is 60.4 Å². The molecule has 0 aromatic heterocycles. The molecule has 0 fully saturated rings. The lowest BCUT2D eigenvalue weighted by atomic mass is 9.71. The summed E-state index contributed by atoms with van der Waals surface area (Å²) < 4.78 is 21.7. The fourth-order valence-corrected chi connectivity index (χ4v) is 5.78. The van der Waals surface area contributed by atoms with E-state index in [2.05, 4.69) is 5.32 Å². The Morgan fingerprint density at radius 1 is 1.00 bits per heavy atom. The quantitative estimate of drug-likeness (QED) is 0.308. The first kappa shape index (κ1) is 28.4. The van der Waals surface area contributed by atoms with Gasteiger partial charge in [0, 0.05) is 35.1 Å². The van der Waals surface area contributed by atoms with Crippen LogP contribution in [0.3, 0.4) is 0 Å². The summed E-state index contributed by atoms with van der Waals surface area (Å²) in [5, 5.41) is 13.9. The van der Waals surface area contributed by atoms with E-state index in [0.29, 0.717) is 51.8 Å². The number of methoxy groups -OCH3 is 3. The number of Topliss-reactive ketones (excluding diaryl/α,β-unsaturated/α-hetero) is 1. The number of benzene rings is 2. The zero-order valence-corrected chi connectivity index (χ0v) is 23.8. The predicted molar refractivity (Wildman–Crippen MR) is 151 cm³/mol. The molecule has 0 bridgehead atoms. The van der Waals surface area contributed by atoms with Crippen LogP contribution in [0.2, 0.25) is 0 Å². The second-order valence-corrected chi connectivity index (χ2v) is 10.8. The summed E-state index contributed by atoms with van der Waals surface area (Å²) in [7, 11) is 4.64. The molecule has 1 heterocycles. The number of ether oxygens (including phenoxy) is 4. The standard InChI is InChI=1S/C30H35NO7S/c1-6-39-12-11-38-30(34)27-17(2)31-21-13-20(18-7-10-25(36-4)26(16-18)37-5)15-23(33)29(21)28(27)19-8-9-24(35-3)22(32)14-19/h7-10,14,16,20,28,31-32H,6,11-13,15H2,1-5H3. The Kier molecular flexibility index (Phi) is 9.12. The molecule has 4 rings (SSSR count). The lowest BCUT2D eigenvalue weighted by Crippen LogP contribution is -2.36. The van der Waals surface area contributed by atoms with Crippen LogP contribution < -0.4 is 19.5 Å². The van der Waals surface area contributed by atoms with Crippen molar-refractivity contribution >= 4 is 23.5 Å². The molecule has 2 aliphatic rings. The number of dihydropyridines is 1. The topological polar surface area (TPSA) is 103 Å². The van der Waals surface area contributed by atoms with Gasteiger partial charge in [0.25, 0.3) is 0 Å². The minimum absolute atomic E-state index is 0.0631. The summed E-state index contributed by atoms with van der Waals surface area (Å²) in [5.41, 5.74) is 3.88. The van der Waals surface area contributed by atoms with Crippen molar-refractivity contribution in [3.05, 3.63) is 70.1 Å². The van der Waals surface area contributed by atoms with Gasteiger partial charge in [-0.1, -0.05) is 19.1 Å². The Morgan fingerprint density at radius 2 is 1.69 bits per heavy atom. The molecule has 2 unspecified atom stereocenters. The van der Waals surface area contributed by atoms with Gasteiger partial charge in [-0.2, -0.15) is 11.8 Å². The fourth-order valence-electron chi connectivity index (χ4n) is 5.29. The van der Waals surface area contributed by atoms with Gasteiger partial charge in [0.2, 0.25) is 0 Å². The molecule has 0 spiro atoms. The van der Waals surface area contributed by atoms with Crippen molar-refractivity contribution in [2.24, 2.45) is 0 Å². The van der Waals surface area contributed by atoms with Gasteiger partial charge < -0.3 is 29.4 Å². The summed E-state index contributed by atoms with van der Waals surface area (Å²) in [6.45, 7) is 4.15. The minimum Gasteiger partial charge on any atom is -0.504 e. The SMILES string of the molecule is CCSCCOC(=O)C1=C(C)NC2=C(C(=O)CC(c3ccc(OC)c(OC)c3)C2)C1c1ccc(OC)c(O)c1. The zero-order valence-electron chi connectivity index (χ0n) is 23.0. The third-order valence-corrected chi connectivity index (χ3v) is 7.99. The Bertz CT molecular complexity index is 1320. The van der Waals surface area contributed by atoms with Crippen LogP contribution >= 0.6 is 11.8 Å². The molecular weight excluding hydrogens is 518 g/mol. The number of hydrogen-bond acceptors (Lipinski definition) is 9. The van der Waals surface area contributed by atoms with Crippen LogP contribution in [-0.2, 0) is 14.3 Å². The maximum Gasteiger partial charge on any atom is 0.336 e. The van der Waals surface area contributed by atoms with Crippen molar-refractivity contribution in [2.45, 2.75) is 38.5 Å². The molecule has 0 radical (unpaired) electrons. The van der Waals surface area contributed by atoms with Crippen LogP contribution in [0.5, 0.6) is 23.0 Å². The van der Waals surface area contributed by atoms with E-state index in [4.69, 9.17) is 18.9 Å². The van der Waals surface area contributed by atoms with E-state index in [-0.39, 0.29) is 30.5 Å². The van der Waals surface area contributed by atoms with Crippen LogP contribution in [-0.4, -0.2) is 56.3 Å².